The second-order valence-corrected chi connectivity index (χ2v) is 4.85. The molecule has 0 aromatic heterocycles. The van der Waals surface area contributed by atoms with Crippen molar-refractivity contribution in [3.63, 3.8) is 0 Å². The average Bonchev–Trinajstić information content (AvgIpc) is 2.51. The van der Waals surface area contributed by atoms with E-state index in [1.54, 1.807) is 30.3 Å². The first-order chi connectivity index (χ1) is 10.8. The summed E-state index contributed by atoms with van der Waals surface area (Å²) in [5.41, 5.74) is -0.481. The maximum absolute atomic E-state index is 13.4. The lowest BCUT2D eigenvalue weighted by molar-refractivity contribution is -0.140. The van der Waals surface area contributed by atoms with Gasteiger partial charge in [-0.25, -0.2) is 0 Å². The molecule has 0 radical (unpaired) electrons. The van der Waals surface area contributed by atoms with Crippen LogP contribution in [0.15, 0.2) is 42.5 Å². The summed E-state index contributed by atoms with van der Waals surface area (Å²) >= 11 is 0. The number of methoxy groups -OCH3 is 1. The highest BCUT2D eigenvalue weighted by atomic mass is 19.4. The maximum Gasteiger partial charge on any atom is 0.423 e. The second-order valence-electron chi connectivity index (χ2n) is 4.85. The number of carbonyl (C=O) groups excluding carboxylic acids is 1. The lowest BCUT2D eigenvalue weighted by Crippen LogP contribution is -2.13. The fourth-order valence-corrected chi connectivity index (χ4v) is 2.18. The number of carbonyl (C=O) groups is 1. The third-order valence-electron chi connectivity index (χ3n) is 3.22. The van der Waals surface area contributed by atoms with Gasteiger partial charge >= 0.3 is 6.18 Å². The minimum Gasteiger partial charge on any atom is -0.495 e. The van der Waals surface area contributed by atoms with E-state index in [4.69, 9.17) is 9.47 Å². The summed E-state index contributed by atoms with van der Waals surface area (Å²) in [6.45, 7) is 1.16. The number of benzene rings is 2. The fraction of sp³-hybridized carbons (Fsp3) is 0.235. The van der Waals surface area contributed by atoms with Gasteiger partial charge in [-0.2, -0.15) is 13.2 Å². The largest absolute Gasteiger partial charge is 0.495 e. The van der Waals surface area contributed by atoms with Crippen LogP contribution in [0, 0.1) is 0 Å². The van der Waals surface area contributed by atoms with Crippen LogP contribution in [0.2, 0.25) is 0 Å². The van der Waals surface area contributed by atoms with Crippen molar-refractivity contribution in [2.24, 2.45) is 0 Å². The number of hydrogen-bond acceptors (Lipinski definition) is 3. The second kappa shape index (κ2) is 6.73. The Hall–Kier alpha value is -2.50. The molecule has 2 aromatic carbocycles. The van der Waals surface area contributed by atoms with Gasteiger partial charge in [-0.3, -0.25) is 4.79 Å². The normalized spacial score (nSPS) is 11.2. The van der Waals surface area contributed by atoms with Crippen molar-refractivity contribution in [1.29, 1.82) is 0 Å². The number of alkyl halides is 3. The molecule has 0 aliphatic heterocycles. The van der Waals surface area contributed by atoms with Gasteiger partial charge < -0.3 is 9.47 Å². The highest BCUT2D eigenvalue weighted by Gasteiger charge is 2.40. The van der Waals surface area contributed by atoms with Crippen LogP contribution in [0.25, 0.3) is 0 Å². The van der Waals surface area contributed by atoms with Crippen LogP contribution in [0.1, 0.15) is 28.4 Å². The Labute approximate surface area is 131 Å². The van der Waals surface area contributed by atoms with Crippen molar-refractivity contribution in [2.75, 3.05) is 7.11 Å². The molecule has 122 valence electrons. The van der Waals surface area contributed by atoms with Gasteiger partial charge in [0.15, 0.2) is 5.78 Å². The van der Waals surface area contributed by atoms with Crippen molar-refractivity contribution in [3.8, 4) is 11.5 Å². The number of ether oxygens (including phenoxy) is 2. The quantitative estimate of drug-likeness (QED) is 0.760. The first-order valence-electron chi connectivity index (χ1n) is 6.80. The molecule has 0 N–H and O–H groups in total. The Morgan fingerprint density at radius 1 is 1.09 bits per heavy atom. The summed E-state index contributed by atoms with van der Waals surface area (Å²) in [4.78, 5) is 11.5. The third kappa shape index (κ3) is 3.83. The van der Waals surface area contributed by atoms with Crippen LogP contribution < -0.4 is 9.47 Å². The smallest absolute Gasteiger partial charge is 0.423 e. The summed E-state index contributed by atoms with van der Waals surface area (Å²) < 4.78 is 50.3. The maximum atomic E-state index is 13.4. The van der Waals surface area contributed by atoms with Crippen LogP contribution in [0.3, 0.4) is 0 Å². The van der Waals surface area contributed by atoms with Gasteiger partial charge in [0.05, 0.1) is 12.7 Å². The van der Waals surface area contributed by atoms with Gasteiger partial charge in [-0.15, -0.1) is 0 Å². The minimum atomic E-state index is -4.71. The molecule has 0 fully saturated rings. The predicted molar refractivity (Wildman–Crippen MR) is 78.8 cm³/mol. The molecule has 0 unspecified atom stereocenters. The van der Waals surface area contributed by atoms with E-state index >= 15 is 0 Å². The molecule has 0 aliphatic carbocycles. The molecule has 0 saturated heterocycles. The van der Waals surface area contributed by atoms with E-state index in [9.17, 15) is 18.0 Å². The van der Waals surface area contributed by atoms with Crippen LogP contribution >= 0.6 is 0 Å². The van der Waals surface area contributed by atoms with Crippen molar-refractivity contribution in [1.82, 2.24) is 0 Å². The van der Waals surface area contributed by atoms with Crippen molar-refractivity contribution in [2.45, 2.75) is 19.7 Å². The molecule has 0 saturated carbocycles. The lowest BCUT2D eigenvalue weighted by atomic mass is 10.0. The SMILES string of the molecule is COc1c(C(C)=O)ccc(OCc2ccccc2)c1C(F)(F)F. The standard InChI is InChI=1S/C17H15F3O3/c1-11(21)13-8-9-14(15(16(13)22-2)17(18,19)20)23-10-12-6-4-3-5-7-12/h3-9H,10H2,1-2H3. The summed E-state index contributed by atoms with van der Waals surface area (Å²) in [6.07, 6.45) is -4.71. The Balaban J connectivity index is 2.44. The molecule has 0 spiro atoms. The highest BCUT2D eigenvalue weighted by Crippen LogP contribution is 2.44. The van der Waals surface area contributed by atoms with E-state index in [0.29, 0.717) is 0 Å². The molecule has 0 amide bonds. The zero-order valence-corrected chi connectivity index (χ0v) is 12.6. The highest BCUT2D eigenvalue weighted by molar-refractivity contribution is 5.97. The molecule has 2 rings (SSSR count). The number of hydrogen-bond donors (Lipinski definition) is 0. The zero-order chi connectivity index (χ0) is 17.0. The van der Waals surface area contributed by atoms with Gasteiger partial charge in [0.1, 0.15) is 23.7 Å². The number of halogens is 3. The van der Waals surface area contributed by atoms with Crippen LogP contribution in [-0.2, 0) is 12.8 Å². The number of rotatable bonds is 5. The Morgan fingerprint density at radius 2 is 1.74 bits per heavy atom. The molecule has 23 heavy (non-hydrogen) atoms. The van der Waals surface area contributed by atoms with E-state index in [-0.39, 0.29) is 17.9 Å². The van der Waals surface area contributed by atoms with E-state index < -0.39 is 23.3 Å². The molecular weight excluding hydrogens is 309 g/mol. The summed E-state index contributed by atoms with van der Waals surface area (Å²) in [6, 6.07) is 11.2. The Morgan fingerprint density at radius 3 is 2.26 bits per heavy atom. The topological polar surface area (TPSA) is 35.5 Å². The first kappa shape index (κ1) is 16.9. The molecule has 0 atom stereocenters. The molecule has 6 heteroatoms. The monoisotopic (exact) mass is 324 g/mol. The van der Waals surface area contributed by atoms with Gasteiger partial charge in [-0.1, -0.05) is 30.3 Å². The fourth-order valence-electron chi connectivity index (χ4n) is 2.18. The molecule has 0 aliphatic rings. The molecular formula is C17H15F3O3. The predicted octanol–water partition coefficient (Wildman–Crippen LogP) is 4.50. The summed E-state index contributed by atoms with van der Waals surface area (Å²) in [5.74, 6) is -1.40. The van der Waals surface area contributed by atoms with E-state index in [1.807, 2.05) is 0 Å². The molecule has 0 bridgehead atoms. The van der Waals surface area contributed by atoms with Gasteiger partial charge in [0, 0.05) is 0 Å². The van der Waals surface area contributed by atoms with Gasteiger partial charge in [-0.05, 0) is 24.6 Å². The summed E-state index contributed by atoms with van der Waals surface area (Å²) in [7, 11) is 1.10. The van der Waals surface area contributed by atoms with Crippen LogP contribution in [0.5, 0.6) is 11.5 Å². The van der Waals surface area contributed by atoms with Crippen LogP contribution in [0.4, 0.5) is 13.2 Å². The number of ketones is 1. The van der Waals surface area contributed by atoms with E-state index in [1.165, 1.54) is 13.0 Å². The van der Waals surface area contributed by atoms with Crippen LogP contribution in [-0.4, -0.2) is 12.9 Å². The van der Waals surface area contributed by atoms with Crippen molar-refractivity contribution >= 4 is 5.78 Å². The van der Waals surface area contributed by atoms with Gasteiger partial charge in [0.2, 0.25) is 0 Å². The average molecular weight is 324 g/mol. The van der Waals surface area contributed by atoms with Crippen molar-refractivity contribution in [3.05, 3.63) is 59.2 Å². The molecule has 0 heterocycles. The Kier molecular flexibility index (Phi) is 4.93. The third-order valence-corrected chi connectivity index (χ3v) is 3.22. The number of Topliss-reactive ketones (excluding diaryl/α,β-unsaturated/α-hetero) is 1. The molecule has 2 aromatic rings. The van der Waals surface area contributed by atoms with E-state index in [0.717, 1.165) is 18.7 Å². The molecule has 3 nitrogen and oxygen atoms in total. The Bertz CT molecular complexity index is 694. The summed E-state index contributed by atoms with van der Waals surface area (Å²) in [5, 5.41) is 0. The zero-order valence-electron chi connectivity index (χ0n) is 12.6. The van der Waals surface area contributed by atoms with Gasteiger partial charge in [0.25, 0.3) is 0 Å². The first-order valence-corrected chi connectivity index (χ1v) is 6.80. The van der Waals surface area contributed by atoms with E-state index in [2.05, 4.69) is 0 Å². The minimum absolute atomic E-state index is 0.0213. The van der Waals surface area contributed by atoms with Crippen molar-refractivity contribution < 1.29 is 27.4 Å². The lowest BCUT2D eigenvalue weighted by Gasteiger charge is -2.19.